The summed E-state index contributed by atoms with van der Waals surface area (Å²) in [6.07, 6.45) is 1.05. The Morgan fingerprint density at radius 1 is 0.833 bits per heavy atom. The minimum absolute atomic E-state index is 0. The lowest BCUT2D eigenvalue weighted by Crippen LogP contribution is -2.76. The summed E-state index contributed by atoms with van der Waals surface area (Å²) in [4.78, 5) is 29.0. The Bertz CT molecular complexity index is 1340. The molecule has 2 bridgehead atoms. The fraction of sp³-hybridized carbons (Fsp3) is 0.562. The van der Waals surface area contributed by atoms with Crippen molar-refractivity contribution in [1.29, 1.82) is 0 Å². The summed E-state index contributed by atoms with van der Waals surface area (Å²) in [5.74, 6) is -0.333. The molecule has 4 fully saturated rings. The number of nitrogens with zero attached hydrogens (tertiary/aromatic N) is 3. The molecule has 0 N–H and O–H groups in total. The number of fused-ring (bicyclic) bond motifs is 5. The highest BCUT2D eigenvalue weighted by Gasteiger charge is 2.78. The number of carbonyl (C=O) groups excluding carboxylic acids is 2. The van der Waals surface area contributed by atoms with E-state index in [1.807, 2.05) is 24.3 Å². The van der Waals surface area contributed by atoms with Gasteiger partial charge in [0.1, 0.15) is 6.17 Å². The molecule has 0 aliphatic carbocycles. The predicted molar refractivity (Wildman–Crippen MR) is 187 cm³/mol. The number of carbonyl (C=O) groups is 2. The molecule has 0 aromatic heterocycles. The first kappa shape index (κ1) is 44.3. The Morgan fingerprint density at radius 2 is 1.38 bits per heavy atom. The van der Waals surface area contributed by atoms with Crippen LogP contribution in [-0.2, 0) is 25.0 Å². The molecule has 2 aromatic carbocycles. The lowest BCUT2D eigenvalue weighted by Gasteiger charge is -2.58. The summed E-state index contributed by atoms with van der Waals surface area (Å²) in [5.41, 5.74) is 0.813. The summed E-state index contributed by atoms with van der Waals surface area (Å²) in [7, 11) is 0.496. The standard InChI is InChI=1S/C24H25N3O4S3.8CH4/c1-4-14-23-15-24-21(29)25(3)22(2,32-33-24)20(28)26(24)19(23)27(18-13-9-8-12-17(18)23)34(30,31)16-10-6-5-7-11-16;;;;;;;;/h5-13,19H,4,14-15H2,1-3H3;8*1H4/t19-,22+,23+,24+;;;;;;;;/m0......../s1. The largest absolute Gasteiger partial charge is 0.319 e. The van der Waals surface area contributed by atoms with E-state index < -0.39 is 31.3 Å². The SMILES string of the molecule is C.C.C.C.C.C.C.C.CCC[C@]12C[C@]34SS[C@](C)(C(=O)N3[C@H]1N(S(=O)(=O)c1ccccc1)c1ccccc12)N(C)C4=O. The van der Waals surface area contributed by atoms with Gasteiger partial charge < -0.3 is 4.90 Å². The summed E-state index contributed by atoms with van der Waals surface area (Å²) < 4.78 is 29.8. The van der Waals surface area contributed by atoms with Crippen LogP contribution in [0, 0.1) is 0 Å². The third kappa shape index (κ3) is 4.95. The normalized spacial score (nSPS) is 27.4. The first-order valence-corrected chi connectivity index (χ1v) is 14.9. The van der Waals surface area contributed by atoms with Crippen LogP contribution in [0.1, 0.15) is 98.1 Å². The van der Waals surface area contributed by atoms with Crippen molar-refractivity contribution >= 4 is 49.1 Å². The van der Waals surface area contributed by atoms with Gasteiger partial charge in [0.2, 0.25) is 0 Å². The number of amides is 2. The lowest BCUT2D eigenvalue weighted by molar-refractivity contribution is -0.163. The second-order valence-electron chi connectivity index (χ2n) is 9.56. The molecule has 7 nitrogen and oxygen atoms in total. The Morgan fingerprint density at radius 3 is 1.95 bits per heavy atom. The van der Waals surface area contributed by atoms with E-state index in [4.69, 9.17) is 0 Å². The highest BCUT2D eigenvalue weighted by molar-refractivity contribution is 8.78. The average Bonchev–Trinajstić information content (AvgIpc) is 3.27. The highest BCUT2D eigenvalue weighted by Crippen LogP contribution is 2.70. The fourth-order valence-electron chi connectivity index (χ4n) is 6.22. The molecule has 5 aliphatic heterocycles. The number of benzene rings is 2. The average molecular weight is 644 g/mol. The van der Waals surface area contributed by atoms with E-state index in [1.165, 1.54) is 25.9 Å². The van der Waals surface area contributed by atoms with Crippen molar-refractivity contribution in [3.05, 3.63) is 60.2 Å². The molecular formula is C32H57N3O4S3. The summed E-state index contributed by atoms with van der Waals surface area (Å²) in [6, 6.07) is 15.9. The molecule has 5 aliphatic rings. The minimum atomic E-state index is -4.01. The van der Waals surface area contributed by atoms with Gasteiger partial charge in [0, 0.05) is 18.9 Å². The molecule has 0 unspecified atom stereocenters. The van der Waals surface area contributed by atoms with Crippen LogP contribution in [0.15, 0.2) is 59.5 Å². The van der Waals surface area contributed by atoms with E-state index in [2.05, 4.69) is 6.92 Å². The van der Waals surface area contributed by atoms with Gasteiger partial charge in [0.25, 0.3) is 21.8 Å². The predicted octanol–water partition coefficient (Wildman–Crippen LogP) is 8.86. The van der Waals surface area contributed by atoms with Gasteiger partial charge in [-0.05, 0) is 37.1 Å². The van der Waals surface area contributed by atoms with E-state index in [0.29, 0.717) is 18.5 Å². The zero-order chi connectivity index (χ0) is 24.1. The summed E-state index contributed by atoms with van der Waals surface area (Å²) in [5, 5.41) is 0. The van der Waals surface area contributed by atoms with E-state index in [9.17, 15) is 18.0 Å². The van der Waals surface area contributed by atoms with E-state index in [-0.39, 0.29) is 76.1 Å². The van der Waals surface area contributed by atoms with Crippen molar-refractivity contribution in [2.24, 2.45) is 0 Å². The Hall–Kier alpha value is -2.17. The number of anilines is 1. The molecule has 5 heterocycles. The Balaban J connectivity index is -0.00000190. The zero-order valence-electron chi connectivity index (χ0n) is 19.1. The van der Waals surface area contributed by atoms with Crippen molar-refractivity contribution in [2.75, 3.05) is 11.4 Å². The van der Waals surface area contributed by atoms with Gasteiger partial charge in [-0.3, -0.25) is 14.5 Å². The van der Waals surface area contributed by atoms with Crippen LogP contribution in [0.2, 0.25) is 0 Å². The number of para-hydroxylation sites is 1. The smallest absolute Gasteiger partial charge is 0.266 e. The number of hydrogen-bond donors (Lipinski definition) is 0. The molecule has 1 spiro atoms. The highest BCUT2D eigenvalue weighted by atomic mass is 33.1. The van der Waals surface area contributed by atoms with Gasteiger partial charge in [-0.2, -0.15) is 0 Å². The number of rotatable bonds is 4. The third-order valence-electron chi connectivity index (χ3n) is 7.82. The molecular weight excluding hydrogens is 587 g/mol. The van der Waals surface area contributed by atoms with Crippen LogP contribution in [0.25, 0.3) is 0 Å². The molecule has 0 saturated carbocycles. The van der Waals surface area contributed by atoms with E-state index >= 15 is 0 Å². The fourth-order valence-corrected chi connectivity index (χ4v) is 11.5. The lowest BCUT2D eigenvalue weighted by atomic mass is 9.74. The monoisotopic (exact) mass is 643 g/mol. The molecule has 10 heteroatoms. The maximum absolute atomic E-state index is 14.2. The van der Waals surface area contributed by atoms with Crippen molar-refractivity contribution in [3.8, 4) is 0 Å². The Kier molecular flexibility index (Phi) is 14.8. The number of hydrogen-bond acceptors (Lipinski definition) is 6. The Labute approximate surface area is 266 Å². The maximum atomic E-state index is 14.2. The second kappa shape index (κ2) is 14.1. The molecule has 242 valence electrons. The zero-order valence-corrected chi connectivity index (χ0v) is 21.5. The second-order valence-corrected chi connectivity index (χ2v) is 14.2. The summed E-state index contributed by atoms with van der Waals surface area (Å²) >= 11 is 0. The molecule has 4 atom stereocenters. The number of likely N-dealkylation sites (N-methyl/N-ethyl adjacent to an activating group) is 1. The third-order valence-corrected chi connectivity index (χ3v) is 13.3. The summed E-state index contributed by atoms with van der Waals surface area (Å²) in [6.45, 7) is 3.82. The molecule has 2 amide bonds. The van der Waals surface area contributed by atoms with Gasteiger partial charge in [-0.15, -0.1) is 0 Å². The quantitative estimate of drug-likeness (QED) is 0.310. The van der Waals surface area contributed by atoms with Crippen LogP contribution in [0.4, 0.5) is 5.69 Å². The van der Waals surface area contributed by atoms with Crippen molar-refractivity contribution in [1.82, 2.24) is 9.80 Å². The first-order chi connectivity index (χ1) is 16.1. The first-order valence-electron chi connectivity index (χ1n) is 11.3. The van der Waals surface area contributed by atoms with Crippen LogP contribution in [0.3, 0.4) is 0 Å². The van der Waals surface area contributed by atoms with Crippen molar-refractivity contribution in [2.45, 2.75) is 119 Å². The maximum Gasteiger partial charge on any atom is 0.266 e. The van der Waals surface area contributed by atoms with Crippen molar-refractivity contribution < 1.29 is 18.0 Å². The van der Waals surface area contributed by atoms with Gasteiger partial charge in [0.05, 0.1) is 10.6 Å². The minimum Gasteiger partial charge on any atom is -0.319 e. The number of piperazine rings is 1. The molecule has 4 saturated heterocycles. The topological polar surface area (TPSA) is 78.0 Å². The van der Waals surface area contributed by atoms with Crippen LogP contribution >= 0.6 is 21.6 Å². The van der Waals surface area contributed by atoms with Crippen LogP contribution < -0.4 is 4.31 Å². The van der Waals surface area contributed by atoms with Crippen molar-refractivity contribution in [3.63, 3.8) is 0 Å². The molecule has 2 aromatic rings. The van der Waals surface area contributed by atoms with E-state index in [1.54, 1.807) is 54.1 Å². The van der Waals surface area contributed by atoms with Crippen LogP contribution in [-0.4, -0.2) is 53.0 Å². The number of sulfonamides is 1. The van der Waals surface area contributed by atoms with Gasteiger partial charge in [-0.1, -0.05) is 131 Å². The molecule has 0 radical (unpaired) electrons. The molecule has 42 heavy (non-hydrogen) atoms. The van der Waals surface area contributed by atoms with Gasteiger partial charge in [0.15, 0.2) is 9.74 Å². The van der Waals surface area contributed by atoms with E-state index in [0.717, 1.165) is 12.0 Å². The van der Waals surface area contributed by atoms with Crippen LogP contribution in [0.5, 0.6) is 0 Å². The van der Waals surface area contributed by atoms with Gasteiger partial charge in [-0.25, -0.2) is 12.7 Å². The molecule has 7 rings (SSSR count). The van der Waals surface area contributed by atoms with Gasteiger partial charge >= 0.3 is 0 Å².